The Hall–Kier alpha value is -2.90. The molecule has 1 aromatic heterocycles. The van der Waals surface area contributed by atoms with Crippen LogP contribution in [0.5, 0.6) is 5.75 Å². The number of hydrogen-bond acceptors (Lipinski definition) is 5. The van der Waals surface area contributed by atoms with Crippen molar-refractivity contribution in [1.82, 2.24) is 14.7 Å². The lowest BCUT2D eigenvalue weighted by Gasteiger charge is -2.26. The molecule has 0 unspecified atom stereocenters. The third kappa shape index (κ3) is 4.00. The summed E-state index contributed by atoms with van der Waals surface area (Å²) in [6, 6.07) is 11.7. The summed E-state index contributed by atoms with van der Waals surface area (Å²) in [5, 5.41) is 9.31. The molecule has 1 aliphatic heterocycles. The zero-order valence-corrected chi connectivity index (χ0v) is 15.9. The van der Waals surface area contributed by atoms with Gasteiger partial charge < -0.3 is 14.8 Å². The van der Waals surface area contributed by atoms with Gasteiger partial charge in [-0.3, -0.25) is 14.4 Å². The zero-order chi connectivity index (χ0) is 19.3. The largest absolute Gasteiger partial charge is 0.495 e. The van der Waals surface area contributed by atoms with Crippen molar-refractivity contribution in [3.05, 3.63) is 54.4 Å². The first kappa shape index (κ1) is 18.5. The maximum absolute atomic E-state index is 12.8. The Balaban J connectivity index is 1.47. The molecule has 7 nitrogen and oxygen atoms in total. The van der Waals surface area contributed by atoms with Gasteiger partial charge in [-0.2, -0.15) is 5.10 Å². The molecule has 3 aromatic rings. The van der Waals surface area contributed by atoms with Gasteiger partial charge in [0, 0.05) is 31.2 Å². The summed E-state index contributed by atoms with van der Waals surface area (Å²) in [4.78, 5) is 15.1. The minimum absolute atomic E-state index is 0.202. The molecule has 7 heteroatoms. The van der Waals surface area contributed by atoms with Crippen molar-refractivity contribution in [3.8, 4) is 5.75 Å². The van der Waals surface area contributed by atoms with E-state index >= 15 is 0 Å². The summed E-state index contributed by atoms with van der Waals surface area (Å²) in [6.07, 6.45) is 3.39. The molecular weight excluding hydrogens is 356 g/mol. The molecule has 146 valence electrons. The molecule has 0 spiro atoms. The molecule has 0 saturated carbocycles. The van der Waals surface area contributed by atoms with Gasteiger partial charge in [0.25, 0.3) is 5.91 Å². The fourth-order valence-corrected chi connectivity index (χ4v) is 3.41. The molecule has 1 aliphatic rings. The van der Waals surface area contributed by atoms with Crippen LogP contribution in [0.3, 0.4) is 0 Å². The van der Waals surface area contributed by atoms with E-state index in [4.69, 9.17) is 9.47 Å². The lowest BCUT2D eigenvalue weighted by Crippen LogP contribution is -2.38. The number of methoxy groups -OCH3 is 1. The van der Waals surface area contributed by atoms with Crippen LogP contribution in [0.4, 0.5) is 5.69 Å². The molecule has 0 aliphatic carbocycles. The Labute approximate surface area is 163 Å². The lowest BCUT2D eigenvalue weighted by atomic mass is 10.1. The summed E-state index contributed by atoms with van der Waals surface area (Å²) in [7, 11) is 1.60. The van der Waals surface area contributed by atoms with E-state index in [0.29, 0.717) is 17.0 Å². The van der Waals surface area contributed by atoms with Crippen molar-refractivity contribution < 1.29 is 14.3 Å². The van der Waals surface area contributed by atoms with Crippen molar-refractivity contribution in [1.29, 1.82) is 0 Å². The maximum Gasteiger partial charge on any atom is 0.258 e. The summed E-state index contributed by atoms with van der Waals surface area (Å²) >= 11 is 0. The average molecular weight is 380 g/mol. The number of carbonyl (C=O) groups excluding carboxylic acids is 1. The Morgan fingerprint density at radius 3 is 2.82 bits per heavy atom. The first-order valence-corrected chi connectivity index (χ1v) is 9.44. The number of rotatable bonds is 6. The highest BCUT2D eigenvalue weighted by Crippen LogP contribution is 2.33. The summed E-state index contributed by atoms with van der Waals surface area (Å²) < 4.78 is 12.6. The van der Waals surface area contributed by atoms with Crippen LogP contribution < -0.4 is 10.1 Å². The van der Waals surface area contributed by atoms with Crippen LogP contribution in [-0.4, -0.2) is 60.5 Å². The minimum Gasteiger partial charge on any atom is -0.495 e. The minimum atomic E-state index is -0.202. The number of carbonyl (C=O) groups is 1. The van der Waals surface area contributed by atoms with E-state index < -0.39 is 0 Å². The van der Waals surface area contributed by atoms with Gasteiger partial charge in [-0.05, 0) is 11.5 Å². The molecular formula is C21H24N4O3. The second kappa shape index (κ2) is 8.41. The van der Waals surface area contributed by atoms with Crippen LogP contribution in [-0.2, 0) is 11.3 Å². The number of nitrogens with zero attached hydrogens (tertiary/aromatic N) is 3. The fourth-order valence-electron chi connectivity index (χ4n) is 3.41. The number of aromatic nitrogens is 2. The fraction of sp³-hybridized carbons (Fsp3) is 0.333. The van der Waals surface area contributed by atoms with Crippen molar-refractivity contribution in [3.63, 3.8) is 0 Å². The Morgan fingerprint density at radius 1 is 1.18 bits per heavy atom. The van der Waals surface area contributed by atoms with Gasteiger partial charge in [-0.1, -0.05) is 30.3 Å². The molecule has 1 fully saturated rings. The Bertz CT molecular complexity index is 963. The average Bonchev–Trinajstić information content (AvgIpc) is 3.22. The number of amides is 1. The first-order chi connectivity index (χ1) is 13.7. The number of morpholine rings is 1. The van der Waals surface area contributed by atoms with Crippen molar-refractivity contribution in [2.24, 2.45) is 0 Å². The second-order valence-corrected chi connectivity index (χ2v) is 6.76. The summed E-state index contributed by atoms with van der Waals surface area (Å²) in [5.74, 6) is 0.430. The van der Waals surface area contributed by atoms with Crippen LogP contribution in [0.2, 0.25) is 0 Å². The number of anilines is 1. The predicted octanol–water partition coefficient (Wildman–Crippen LogP) is 2.63. The predicted molar refractivity (Wildman–Crippen MR) is 108 cm³/mol. The normalized spacial score (nSPS) is 14.9. The summed E-state index contributed by atoms with van der Waals surface area (Å²) in [5.41, 5.74) is 1.20. The molecule has 1 N–H and O–H groups in total. The molecule has 0 radical (unpaired) electrons. The third-order valence-corrected chi connectivity index (χ3v) is 4.99. The van der Waals surface area contributed by atoms with E-state index in [2.05, 4.69) is 15.3 Å². The van der Waals surface area contributed by atoms with Crippen molar-refractivity contribution in [2.75, 3.05) is 45.3 Å². The highest BCUT2D eigenvalue weighted by Gasteiger charge is 2.15. The Kier molecular flexibility index (Phi) is 5.55. The quantitative estimate of drug-likeness (QED) is 0.712. The van der Waals surface area contributed by atoms with E-state index in [1.807, 2.05) is 41.1 Å². The molecule has 2 heterocycles. The van der Waals surface area contributed by atoms with Crippen LogP contribution in [0.1, 0.15) is 10.4 Å². The van der Waals surface area contributed by atoms with E-state index in [-0.39, 0.29) is 5.91 Å². The van der Waals surface area contributed by atoms with Crippen LogP contribution in [0.25, 0.3) is 10.8 Å². The lowest BCUT2D eigenvalue weighted by molar-refractivity contribution is 0.0360. The third-order valence-electron chi connectivity index (χ3n) is 4.99. The van der Waals surface area contributed by atoms with Gasteiger partial charge in [0.2, 0.25) is 0 Å². The van der Waals surface area contributed by atoms with Gasteiger partial charge in [0.05, 0.1) is 44.3 Å². The first-order valence-electron chi connectivity index (χ1n) is 9.44. The van der Waals surface area contributed by atoms with Crippen molar-refractivity contribution >= 4 is 22.4 Å². The van der Waals surface area contributed by atoms with Crippen LogP contribution in [0, 0.1) is 0 Å². The van der Waals surface area contributed by atoms with E-state index in [0.717, 1.165) is 50.2 Å². The summed E-state index contributed by atoms with van der Waals surface area (Å²) in [6.45, 7) is 5.07. The van der Waals surface area contributed by atoms with Crippen LogP contribution in [0.15, 0.2) is 48.8 Å². The maximum atomic E-state index is 12.8. The number of ether oxygens (including phenoxy) is 2. The van der Waals surface area contributed by atoms with Crippen molar-refractivity contribution in [2.45, 2.75) is 6.54 Å². The smallest absolute Gasteiger partial charge is 0.258 e. The highest BCUT2D eigenvalue weighted by molar-refractivity contribution is 6.10. The number of nitrogens with one attached hydrogen (secondary N) is 1. The van der Waals surface area contributed by atoms with Gasteiger partial charge in [-0.15, -0.1) is 0 Å². The standard InChI is InChI=1S/C21H24N4O3/c1-27-19-7-6-16-4-2-3-5-18(16)20(19)23-21(26)17-14-22-25(15-17)9-8-24-10-12-28-13-11-24/h2-7,14-15H,8-13H2,1H3,(H,23,26). The molecule has 4 rings (SSSR count). The second-order valence-electron chi connectivity index (χ2n) is 6.76. The van der Waals surface area contributed by atoms with Crippen LogP contribution >= 0.6 is 0 Å². The SMILES string of the molecule is COc1ccc2ccccc2c1NC(=O)c1cnn(CCN2CCOCC2)c1. The van der Waals surface area contributed by atoms with Gasteiger partial charge >= 0.3 is 0 Å². The zero-order valence-electron chi connectivity index (χ0n) is 15.9. The van der Waals surface area contributed by atoms with Gasteiger partial charge in [0.15, 0.2) is 0 Å². The molecule has 0 atom stereocenters. The Morgan fingerprint density at radius 2 is 2.00 bits per heavy atom. The molecule has 28 heavy (non-hydrogen) atoms. The van der Waals surface area contributed by atoms with E-state index in [1.54, 1.807) is 19.5 Å². The van der Waals surface area contributed by atoms with E-state index in [1.165, 1.54) is 0 Å². The monoisotopic (exact) mass is 380 g/mol. The van der Waals surface area contributed by atoms with Gasteiger partial charge in [-0.25, -0.2) is 0 Å². The van der Waals surface area contributed by atoms with E-state index in [9.17, 15) is 4.79 Å². The number of hydrogen-bond donors (Lipinski definition) is 1. The number of fused-ring (bicyclic) bond motifs is 1. The molecule has 0 bridgehead atoms. The topological polar surface area (TPSA) is 68.6 Å². The molecule has 1 amide bonds. The van der Waals surface area contributed by atoms with Gasteiger partial charge in [0.1, 0.15) is 5.75 Å². The molecule has 2 aromatic carbocycles. The number of benzene rings is 2. The highest BCUT2D eigenvalue weighted by atomic mass is 16.5. The molecule has 1 saturated heterocycles.